The zero-order valence-corrected chi connectivity index (χ0v) is 6.76. The van der Waals surface area contributed by atoms with Crippen molar-refractivity contribution in [3.05, 3.63) is 33.2 Å². The molecular formula is C7H6ClNO3. The average molecular weight is 188 g/mol. The van der Waals surface area contributed by atoms with Crippen molar-refractivity contribution in [3.8, 4) is 0 Å². The van der Waals surface area contributed by atoms with E-state index in [-0.39, 0.29) is 17.0 Å². The number of carboxylic acids is 1. The van der Waals surface area contributed by atoms with Crippen molar-refractivity contribution in [1.29, 1.82) is 0 Å². The minimum atomic E-state index is -1.05. The van der Waals surface area contributed by atoms with Crippen LogP contribution in [0.4, 0.5) is 0 Å². The van der Waals surface area contributed by atoms with Gasteiger partial charge in [-0.15, -0.1) is 0 Å². The van der Waals surface area contributed by atoms with Gasteiger partial charge in [-0.3, -0.25) is 9.59 Å². The van der Waals surface area contributed by atoms with E-state index >= 15 is 0 Å². The highest BCUT2D eigenvalue weighted by Crippen LogP contribution is 2.00. The summed E-state index contributed by atoms with van der Waals surface area (Å²) in [6.45, 7) is 0. The van der Waals surface area contributed by atoms with Crippen LogP contribution in [-0.4, -0.2) is 16.1 Å². The van der Waals surface area contributed by atoms with Crippen molar-refractivity contribution in [1.82, 2.24) is 4.98 Å². The molecule has 0 aliphatic heterocycles. The fourth-order valence-electron chi connectivity index (χ4n) is 0.794. The first kappa shape index (κ1) is 8.80. The Morgan fingerprint density at radius 3 is 2.83 bits per heavy atom. The molecule has 0 saturated carbocycles. The molecule has 1 aromatic rings. The Morgan fingerprint density at radius 1 is 1.58 bits per heavy atom. The lowest BCUT2D eigenvalue weighted by Gasteiger charge is -1.95. The topological polar surface area (TPSA) is 70.2 Å². The quantitative estimate of drug-likeness (QED) is 0.715. The summed E-state index contributed by atoms with van der Waals surface area (Å²) in [6.07, 6.45) is 2.34. The summed E-state index contributed by atoms with van der Waals surface area (Å²) in [5, 5.41) is 8.39. The van der Waals surface area contributed by atoms with Crippen LogP contribution in [0, 0.1) is 0 Å². The van der Waals surface area contributed by atoms with Crippen LogP contribution in [0.3, 0.4) is 0 Å². The Hall–Kier alpha value is -1.29. The average Bonchev–Trinajstić information content (AvgIpc) is 1.98. The van der Waals surface area contributed by atoms with E-state index in [2.05, 4.69) is 4.98 Å². The summed E-state index contributed by atoms with van der Waals surface area (Å²) in [6, 6.07) is 0. The van der Waals surface area contributed by atoms with Crippen molar-refractivity contribution in [2.45, 2.75) is 6.42 Å². The van der Waals surface area contributed by atoms with Crippen LogP contribution in [0.2, 0.25) is 5.02 Å². The molecule has 0 aliphatic rings. The van der Waals surface area contributed by atoms with Crippen LogP contribution in [0.1, 0.15) is 5.56 Å². The van der Waals surface area contributed by atoms with E-state index in [1.165, 1.54) is 12.4 Å². The highest BCUT2D eigenvalue weighted by Gasteiger charge is 2.06. The maximum atomic E-state index is 11.1. The standard InChI is InChI=1S/C7H6ClNO3/c8-5-3-9-2-4(7(5)12)1-6(10)11/h2-3H,1H2,(H,9,12)(H,10,11). The molecule has 64 valence electrons. The summed E-state index contributed by atoms with van der Waals surface area (Å²) in [7, 11) is 0. The van der Waals surface area contributed by atoms with Crippen molar-refractivity contribution in [2.24, 2.45) is 0 Å². The summed E-state index contributed by atoms with van der Waals surface area (Å²) in [4.78, 5) is 23.9. The van der Waals surface area contributed by atoms with Crippen molar-refractivity contribution >= 4 is 17.6 Å². The number of rotatable bonds is 2. The molecule has 12 heavy (non-hydrogen) atoms. The number of hydrogen-bond donors (Lipinski definition) is 2. The normalized spacial score (nSPS) is 9.75. The molecular weight excluding hydrogens is 182 g/mol. The Morgan fingerprint density at radius 2 is 2.25 bits per heavy atom. The molecule has 0 atom stereocenters. The molecule has 0 unspecified atom stereocenters. The van der Waals surface area contributed by atoms with E-state index in [0.29, 0.717) is 0 Å². The summed E-state index contributed by atoms with van der Waals surface area (Å²) in [5.41, 5.74) is -0.271. The van der Waals surface area contributed by atoms with Crippen LogP contribution < -0.4 is 5.43 Å². The zero-order valence-electron chi connectivity index (χ0n) is 6.00. The molecule has 1 heterocycles. The molecule has 2 N–H and O–H groups in total. The zero-order chi connectivity index (χ0) is 9.14. The van der Waals surface area contributed by atoms with E-state index < -0.39 is 11.4 Å². The van der Waals surface area contributed by atoms with E-state index in [1.54, 1.807) is 0 Å². The minimum Gasteiger partial charge on any atom is -0.481 e. The number of carbonyl (C=O) groups is 1. The highest BCUT2D eigenvalue weighted by atomic mass is 35.5. The van der Waals surface area contributed by atoms with Gasteiger partial charge in [0.15, 0.2) is 0 Å². The number of aromatic amines is 1. The molecule has 1 aromatic heterocycles. The molecule has 4 nitrogen and oxygen atoms in total. The third-order valence-corrected chi connectivity index (χ3v) is 1.60. The van der Waals surface area contributed by atoms with E-state index in [0.717, 1.165) is 0 Å². The number of H-pyrrole nitrogens is 1. The monoisotopic (exact) mass is 187 g/mol. The number of carboxylic acid groups (broad SMARTS) is 1. The van der Waals surface area contributed by atoms with Crippen molar-refractivity contribution < 1.29 is 9.90 Å². The van der Waals surface area contributed by atoms with Crippen LogP contribution in [-0.2, 0) is 11.2 Å². The van der Waals surface area contributed by atoms with Crippen molar-refractivity contribution in [3.63, 3.8) is 0 Å². The molecule has 0 radical (unpaired) electrons. The van der Waals surface area contributed by atoms with Gasteiger partial charge in [0.25, 0.3) is 0 Å². The SMILES string of the molecule is O=C(O)Cc1c[nH]cc(Cl)c1=O. The van der Waals surface area contributed by atoms with E-state index in [1.807, 2.05) is 0 Å². The largest absolute Gasteiger partial charge is 0.481 e. The molecule has 0 saturated heterocycles. The first-order valence-electron chi connectivity index (χ1n) is 3.18. The molecule has 0 aliphatic carbocycles. The predicted molar refractivity (Wildman–Crippen MR) is 43.4 cm³/mol. The van der Waals surface area contributed by atoms with Crippen LogP contribution in [0.5, 0.6) is 0 Å². The number of nitrogens with one attached hydrogen (secondary N) is 1. The van der Waals surface area contributed by atoms with Gasteiger partial charge in [0, 0.05) is 18.0 Å². The lowest BCUT2D eigenvalue weighted by molar-refractivity contribution is -0.136. The molecule has 0 amide bonds. The number of aromatic nitrogens is 1. The third-order valence-electron chi connectivity index (χ3n) is 1.32. The molecule has 0 fully saturated rings. The lowest BCUT2D eigenvalue weighted by atomic mass is 10.2. The molecule has 5 heteroatoms. The van der Waals surface area contributed by atoms with Gasteiger partial charge < -0.3 is 10.1 Å². The van der Waals surface area contributed by atoms with Gasteiger partial charge in [-0.2, -0.15) is 0 Å². The maximum Gasteiger partial charge on any atom is 0.308 e. The second-order valence-corrected chi connectivity index (χ2v) is 2.64. The molecule has 0 spiro atoms. The van der Waals surface area contributed by atoms with Crippen molar-refractivity contribution in [2.75, 3.05) is 0 Å². The van der Waals surface area contributed by atoms with Gasteiger partial charge >= 0.3 is 5.97 Å². The van der Waals surface area contributed by atoms with Gasteiger partial charge in [-0.1, -0.05) is 11.6 Å². The number of hydrogen-bond acceptors (Lipinski definition) is 2. The number of pyridine rings is 1. The second kappa shape index (κ2) is 3.40. The van der Waals surface area contributed by atoms with E-state index in [9.17, 15) is 9.59 Å². The lowest BCUT2D eigenvalue weighted by Crippen LogP contribution is -2.13. The van der Waals surface area contributed by atoms with Gasteiger partial charge in [0.2, 0.25) is 5.43 Å². The second-order valence-electron chi connectivity index (χ2n) is 2.23. The van der Waals surface area contributed by atoms with Crippen LogP contribution in [0.15, 0.2) is 17.2 Å². The predicted octanol–water partition coefficient (Wildman–Crippen LogP) is 0.655. The maximum absolute atomic E-state index is 11.1. The molecule has 1 rings (SSSR count). The smallest absolute Gasteiger partial charge is 0.308 e. The van der Waals surface area contributed by atoms with Crippen LogP contribution in [0.25, 0.3) is 0 Å². The fourth-order valence-corrected chi connectivity index (χ4v) is 0.978. The molecule has 0 bridgehead atoms. The third kappa shape index (κ3) is 1.85. The Balaban J connectivity index is 3.09. The highest BCUT2D eigenvalue weighted by molar-refractivity contribution is 6.30. The van der Waals surface area contributed by atoms with Gasteiger partial charge in [-0.25, -0.2) is 0 Å². The summed E-state index contributed by atoms with van der Waals surface area (Å²) in [5.74, 6) is -1.05. The molecule has 0 aromatic carbocycles. The van der Waals surface area contributed by atoms with Gasteiger partial charge in [0.1, 0.15) is 5.02 Å². The number of aliphatic carboxylic acids is 1. The summed E-state index contributed by atoms with van der Waals surface area (Å²) >= 11 is 5.46. The Kier molecular flexibility index (Phi) is 2.50. The van der Waals surface area contributed by atoms with Gasteiger partial charge in [-0.05, 0) is 0 Å². The fraction of sp³-hybridized carbons (Fsp3) is 0.143. The first-order valence-corrected chi connectivity index (χ1v) is 3.56. The first-order chi connectivity index (χ1) is 5.61. The minimum absolute atomic E-state index is 0.00810. The van der Waals surface area contributed by atoms with E-state index in [4.69, 9.17) is 16.7 Å². The Bertz CT molecular complexity index is 358. The number of halogens is 1. The summed E-state index contributed by atoms with van der Waals surface area (Å²) < 4.78 is 0. The van der Waals surface area contributed by atoms with Crippen LogP contribution >= 0.6 is 11.6 Å². The Labute approximate surface area is 72.8 Å². The van der Waals surface area contributed by atoms with Gasteiger partial charge in [0.05, 0.1) is 6.42 Å².